The number of fused-ring (bicyclic) bond motifs is 1. The molecule has 2 aromatic rings. The van der Waals surface area contributed by atoms with Gasteiger partial charge in [0.05, 0.1) is 16.9 Å². The molecule has 17 heavy (non-hydrogen) atoms. The van der Waals surface area contributed by atoms with Gasteiger partial charge in [-0.2, -0.15) is 0 Å². The van der Waals surface area contributed by atoms with Gasteiger partial charge in [0.15, 0.2) is 0 Å². The van der Waals surface area contributed by atoms with E-state index in [4.69, 9.17) is 11.6 Å². The fraction of sp³-hybridized carbons (Fsp3) is 0.462. The molecule has 1 fully saturated rings. The summed E-state index contributed by atoms with van der Waals surface area (Å²) in [5.41, 5.74) is 2.23. The van der Waals surface area contributed by atoms with Gasteiger partial charge in [-0.25, -0.2) is 4.98 Å². The van der Waals surface area contributed by atoms with Crippen LogP contribution >= 0.6 is 27.5 Å². The van der Waals surface area contributed by atoms with Crippen LogP contribution in [0.5, 0.6) is 0 Å². The van der Waals surface area contributed by atoms with Crippen molar-refractivity contribution in [3.8, 4) is 0 Å². The number of hydrogen-bond acceptors (Lipinski definition) is 1. The van der Waals surface area contributed by atoms with Gasteiger partial charge in [-0.05, 0) is 43.9 Å². The number of nitrogens with zero attached hydrogens (tertiary/aromatic N) is 2. The van der Waals surface area contributed by atoms with Crippen molar-refractivity contribution in [2.24, 2.45) is 5.92 Å². The molecule has 1 aliphatic carbocycles. The fourth-order valence-electron chi connectivity index (χ4n) is 2.46. The van der Waals surface area contributed by atoms with E-state index in [9.17, 15) is 0 Å². The van der Waals surface area contributed by atoms with Gasteiger partial charge in [0.2, 0.25) is 0 Å². The lowest BCUT2D eigenvalue weighted by molar-refractivity contribution is 0.486. The lowest BCUT2D eigenvalue weighted by Gasteiger charge is -2.16. The molecule has 0 amide bonds. The highest BCUT2D eigenvalue weighted by atomic mass is 79.9. The minimum absolute atomic E-state index is 0.476. The van der Waals surface area contributed by atoms with Crippen LogP contribution in [0.3, 0.4) is 0 Å². The molecule has 0 saturated heterocycles. The van der Waals surface area contributed by atoms with Crippen LogP contribution in [0.2, 0.25) is 0 Å². The van der Waals surface area contributed by atoms with Gasteiger partial charge in [0.1, 0.15) is 5.82 Å². The van der Waals surface area contributed by atoms with Gasteiger partial charge in [-0.3, -0.25) is 0 Å². The summed E-state index contributed by atoms with van der Waals surface area (Å²) in [5.74, 6) is 2.26. The highest BCUT2D eigenvalue weighted by molar-refractivity contribution is 9.10. The van der Waals surface area contributed by atoms with Gasteiger partial charge in [-0.15, -0.1) is 11.6 Å². The van der Waals surface area contributed by atoms with Crippen LogP contribution in [0.25, 0.3) is 11.0 Å². The summed E-state index contributed by atoms with van der Waals surface area (Å²) >= 11 is 9.50. The molecule has 1 saturated carbocycles. The predicted octanol–water partition coefficient (Wildman–Crippen LogP) is 4.51. The van der Waals surface area contributed by atoms with Crippen molar-refractivity contribution < 1.29 is 0 Å². The zero-order valence-corrected chi connectivity index (χ0v) is 12.0. The fourth-order valence-corrected chi connectivity index (χ4v) is 3.00. The maximum absolute atomic E-state index is 6.02. The first-order valence-electron chi connectivity index (χ1n) is 5.93. The Morgan fingerprint density at radius 2 is 2.29 bits per heavy atom. The molecular formula is C13H14BrClN2. The Balaban J connectivity index is 2.18. The number of hydrogen-bond donors (Lipinski definition) is 0. The van der Waals surface area contributed by atoms with Crippen LogP contribution in [-0.4, -0.2) is 9.55 Å². The van der Waals surface area contributed by atoms with E-state index in [2.05, 4.69) is 50.6 Å². The molecule has 3 rings (SSSR count). The van der Waals surface area contributed by atoms with Gasteiger partial charge >= 0.3 is 0 Å². The van der Waals surface area contributed by atoms with Crippen molar-refractivity contribution in [1.29, 1.82) is 0 Å². The molecule has 2 nitrogen and oxygen atoms in total. The third-order valence-corrected chi connectivity index (χ3v) is 4.29. The number of aromatic nitrogens is 2. The van der Waals surface area contributed by atoms with Crippen molar-refractivity contribution in [2.75, 3.05) is 0 Å². The minimum atomic E-state index is 0.476. The first-order chi connectivity index (χ1) is 8.20. The molecule has 0 N–H and O–H groups in total. The maximum atomic E-state index is 6.02. The zero-order chi connectivity index (χ0) is 12.0. The quantitative estimate of drug-likeness (QED) is 0.762. The van der Waals surface area contributed by atoms with E-state index < -0.39 is 0 Å². The SMILES string of the molecule is CC(C1CC1)n1c(CCl)nc2cc(Br)ccc21. The van der Waals surface area contributed by atoms with Crippen LogP contribution in [0.15, 0.2) is 22.7 Å². The molecule has 0 aliphatic heterocycles. The van der Waals surface area contributed by atoms with E-state index >= 15 is 0 Å². The topological polar surface area (TPSA) is 17.8 Å². The highest BCUT2D eigenvalue weighted by Gasteiger charge is 2.31. The standard InChI is InChI=1S/C13H14BrClN2/c1-8(9-2-3-9)17-12-5-4-10(14)6-11(12)16-13(17)7-15/h4-6,8-9H,2-3,7H2,1H3. The molecule has 1 unspecified atom stereocenters. The Kier molecular flexibility index (Phi) is 2.91. The Morgan fingerprint density at radius 3 is 2.94 bits per heavy atom. The van der Waals surface area contributed by atoms with Crippen LogP contribution in [0.1, 0.15) is 31.6 Å². The number of imidazole rings is 1. The second-order valence-corrected chi connectivity index (χ2v) is 5.93. The van der Waals surface area contributed by atoms with Crippen LogP contribution in [0.4, 0.5) is 0 Å². The average molecular weight is 314 g/mol. The Bertz CT molecular complexity index is 560. The first-order valence-corrected chi connectivity index (χ1v) is 7.26. The van der Waals surface area contributed by atoms with E-state index in [1.54, 1.807) is 0 Å². The number of alkyl halides is 1. The number of halogens is 2. The second kappa shape index (κ2) is 4.29. The second-order valence-electron chi connectivity index (χ2n) is 4.74. The monoisotopic (exact) mass is 312 g/mol. The van der Waals surface area contributed by atoms with Crippen LogP contribution in [0, 0.1) is 5.92 Å². The normalized spacial score (nSPS) is 17.6. The predicted molar refractivity (Wildman–Crippen MR) is 74.4 cm³/mol. The summed E-state index contributed by atoms with van der Waals surface area (Å²) in [4.78, 5) is 4.62. The summed E-state index contributed by atoms with van der Waals surface area (Å²) in [7, 11) is 0. The van der Waals surface area contributed by atoms with E-state index in [0.29, 0.717) is 11.9 Å². The molecule has 1 aromatic carbocycles. The molecule has 0 spiro atoms. The number of benzene rings is 1. The van der Waals surface area contributed by atoms with Gasteiger partial charge in [0, 0.05) is 10.5 Å². The number of rotatable bonds is 3. The summed E-state index contributed by atoms with van der Waals surface area (Å²) < 4.78 is 3.38. The van der Waals surface area contributed by atoms with Crippen molar-refractivity contribution in [3.05, 3.63) is 28.5 Å². The molecule has 4 heteroatoms. The molecule has 1 aliphatic rings. The zero-order valence-electron chi connectivity index (χ0n) is 9.66. The molecule has 1 aromatic heterocycles. The third-order valence-electron chi connectivity index (χ3n) is 3.56. The largest absolute Gasteiger partial charge is 0.324 e. The Hall–Kier alpha value is -0.540. The van der Waals surface area contributed by atoms with Crippen molar-refractivity contribution in [3.63, 3.8) is 0 Å². The van der Waals surface area contributed by atoms with E-state index in [0.717, 1.165) is 21.7 Å². The Labute approximate surface area is 114 Å². The molecule has 0 bridgehead atoms. The van der Waals surface area contributed by atoms with Crippen LogP contribution in [-0.2, 0) is 5.88 Å². The average Bonchev–Trinajstić information content (AvgIpc) is 3.09. The Morgan fingerprint density at radius 1 is 1.53 bits per heavy atom. The first kappa shape index (κ1) is 11.5. The van der Waals surface area contributed by atoms with Crippen molar-refractivity contribution in [1.82, 2.24) is 9.55 Å². The lowest BCUT2D eigenvalue weighted by Crippen LogP contribution is -2.10. The summed E-state index contributed by atoms with van der Waals surface area (Å²) in [6.07, 6.45) is 2.66. The van der Waals surface area contributed by atoms with Crippen molar-refractivity contribution >= 4 is 38.6 Å². The minimum Gasteiger partial charge on any atom is -0.324 e. The maximum Gasteiger partial charge on any atom is 0.125 e. The summed E-state index contributed by atoms with van der Waals surface area (Å²) in [6, 6.07) is 6.76. The summed E-state index contributed by atoms with van der Waals surface area (Å²) in [6.45, 7) is 2.27. The van der Waals surface area contributed by atoms with Gasteiger partial charge in [-0.1, -0.05) is 15.9 Å². The molecule has 0 radical (unpaired) electrons. The van der Waals surface area contributed by atoms with Crippen LogP contribution < -0.4 is 0 Å². The van der Waals surface area contributed by atoms with E-state index in [1.807, 2.05) is 0 Å². The molecule has 1 atom stereocenters. The smallest absolute Gasteiger partial charge is 0.125 e. The molecule has 1 heterocycles. The highest BCUT2D eigenvalue weighted by Crippen LogP contribution is 2.41. The van der Waals surface area contributed by atoms with Crippen molar-refractivity contribution in [2.45, 2.75) is 31.7 Å². The molecule has 90 valence electrons. The molecular weight excluding hydrogens is 300 g/mol. The van der Waals surface area contributed by atoms with Gasteiger partial charge < -0.3 is 4.57 Å². The van der Waals surface area contributed by atoms with Gasteiger partial charge in [0.25, 0.3) is 0 Å². The summed E-state index contributed by atoms with van der Waals surface area (Å²) in [5, 5.41) is 0. The third kappa shape index (κ3) is 2.00. The van der Waals surface area contributed by atoms with E-state index in [-0.39, 0.29) is 0 Å². The lowest BCUT2D eigenvalue weighted by atomic mass is 10.2. The van der Waals surface area contributed by atoms with E-state index in [1.165, 1.54) is 18.4 Å².